The molecule has 0 fully saturated rings. The van der Waals surface area contributed by atoms with Crippen LogP contribution in [0, 0.1) is 0 Å². The second-order valence-electron chi connectivity index (χ2n) is 4.94. The Kier molecular flexibility index (Phi) is 8.46. The van der Waals surface area contributed by atoms with E-state index in [-0.39, 0.29) is 39.5 Å². The van der Waals surface area contributed by atoms with Crippen LogP contribution in [0.25, 0.3) is 0 Å². The van der Waals surface area contributed by atoms with Crippen molar-refractivity contribution in [3.8, 4) is 0 Å². The Labute approximate surface area is 136 Å². The van der Waals surface area contributed by atoms with Gasteiger partial charge in [0, 0.05) is 0 Å². The zero-order valence-corrected chi connectivity index (χ0v) is 19.2. The third kappa shape index (κ3) is 4.12. The van der Waals surface area contributed by atoms with Crippen LogP contribution in [0.1, 0.15) is 6.42 Å². The quantitative estimate of drug-likeness (QED) is 0.462. The van der Waals surface area contributed by atoms with E-state index in [4.69, 9.17) is 0 Å². The van der Waals surface area contributed by atoms with E-state index in [9.17, 15) is 0 Å². The predicted octanol–water partition coefficient (Wildman–Crippen LogP) is 4.76. The third-order valence-electron chi connectivity index (χ3n) is 3.72. The molecule has 0 spiro atoms. The second-order valence-corrected chi connectivity index (χ2v) is 39.1. The van der Waals surface area contributed by atoms with Crippen molar-refractivity contribution >= 4 is 44.6 Å². The van der Waals surface area contributed by atoms with Crippen molar-refractivity contribution in [1.82, 2.24) is 0 Å². The van der Waals surface area contributed by atoms with Crippen LogP contribution in [0.4, 0.5) is 0 Å². The molecule has 0 saturated carbocycles. The van der Waals surface area contributed by atoms with Crippen LogP contribution in [-0.2, 0) is 18.6 Å². The Hall–Kier alpha value is 0.747. The Morgan fingerprint density at radius 2 is 1.67 bits per heavy atom. The fourth-order valence-corrected chi connectivity index (χ4v) is 24.5. The van der Waals surface area contributed by atoms with Crippen molar-refractivity contribution in [2.75, 3.05) is 0 Å². The summed E-state index contributed by atoms with van der Waals surface area (Å²) in [5.74, 6) is 0. The summed E-state index contributed by atoms with van der Waals surface area (Å²) in [5.41, 5.74) is -0.312. The van der Waals surface area contributed by atoms with Crippen LogP contribution in [-0.4, -0.2) is 5.49 Å². The zero-order valence-electron chi connectivity index (χ0n) is 11.1. The normalized spacial score (nSPS) is 13.4. The van der Waals surface area contributed by atoms with Crippen molar-refractivity contribution in [2.24, 2.45) is 0 Å². The molecule has 4 heteroatoms. The first-order chi connectivity index (χ1) is 7.62. The summed E-state index contributed by atoms with van der Waals surface area (Å²) in [6.07, 6.45) is 8.20. The van der Waals surface area contributed by atoms with Gasteiger partial charge in [-0.15, -0.1) is 34.0 Å². The average molecular weight is 556 g/mol. The standard InChI is InChI=1S/C7H8Si.C5H5.2CH3.2BrH.Hf/c1-8-7-5-3-2-4-6-7;1-2-4-5-3-1;;;;;/h2-6H,1H3;1-3H,4H2;2*1H3;2*1H;. The molecule has 0 amide bonds. The number of rotatable bonds is 2. The second kappa shape index (κ2) is 8.13. The third-order valence-corrected chi connectivity index (χ3v) is 39.8. The van der Waals surface area contributed by atoms with Crippen LogP contribution < -0.4 is 5.19 Å². The molecule has 0 heterocycles. The first kappa shape index (κ1) is 18.7. The molecule has 0 atom stereocenters. The summed E-state index contributed by atoms with van der Waals surface area (Å²) in [4.78, 5) is 0. The number of halogens is 2. The van der Waals surface area contributed by atoms with Crippen LogP contribution in [0.15, 0.2) is 51.9 Å². The summed E-state index contributed by atoms with van der Waals surface area (Å²) in [5, 5.41) is 1.63. The maximum absolute atomic E-state index is 2.62. The number of hydrogen-bond acceptors (Lipinski definition) is 0. The van der Waals surface area contributed by atoms with Crippen molar-refractivity contribution in [3.05, 3.63) is 51.9 Å². The van der Waals surface area contributed by atoms with Gasteiger partial charge in [-0.05, 0) is 0 Å². The van der Waals surface area contributed by atoms with E-state index < -0.39 is 18.6 Å². The maximum atomic E-state index is 2.62. The first-order valence-electron chi connectivity index (χ1n) is 5.88. The van der Waals surface area contributed by atoms with Gasteiger partial charge in [0.1, 0.15) is 0 Å². The first-order valence-corrected chi connectivity index (χ1v) is 22.2. The Balaban J connectivity index is 0.00000144. The molecule has 1 aliphatic carbocycles. The van der Waals surface area contributed by atoms with Crippen LogP contribution in [0.2, 0.25) is 15.9 Å². The fourth-order valence-electron chi connectivity index (χ4n) is 2.20. The van der Waals surface area contributed by atoms with Crippen LogP contribution in [0.3, 0.4) is 0 Å². The van der Waals surface area contributed by atoms with E-state index in [2.05, 4.69) is 64.5 Å². The van der Waals surface area contributed by atoms with E-state index in [0.29, 0.717) is 0 Å². The molecule has 1 aliphatic rings. The average Bonchev–Trinajstić information content (AvgIpc) is 2.83. The molecule has 1 aromatic carbocycles. The molecule has 2 rings (SSSR count). The Bertz CT molecular complexity index is 498. The Morgan fingerprint density at radius 1 is 1.06 bits per heavy atom. The van der Waals surface area contributed by atoms with Gasteiger partial charge >= 0.3 is 103 Å². The molecule has 99 valence electrons. The molecule has 0 aromatic heterocycles. The van der Waals surface area contributed by atoms with Gasteiger partial charge in [-0.1, -0.05) is 0 Å². The number of benzene rings is 1. The monoisotopic (exact) mass is 555 g/mol. The van der Waals surface area contributed by atoms with Gasteiger partial charge in [-0.2, -0.15) is 0 Å². The SMILES string of the molecule is Br.Br.C[Si](c1ccccc1)=[Hf]([CH3])([CH3])[C]1=CC=CC1. The Morgan fingerprint density at radius 3 is 2.17 bits per heavy atom. The van der Waals surface area contributed by atoms with Gasteiger partial charge in [0.05, 0.1) is 0 Å². The molecular formula is C14H21Br2HfSi. The van der Waals surface area contributed by atoms with Gasteiger partial charge in [0.2, 0.25) is 0 Å². The van der Waals surface area contributed by atoms with Gasteiger partial charge in [0.15, 0.2) is 0 Å². The van der Waals surface area contributed by atoms with Crippen LogP contribution >= 0.6 is 34.0 Å². The molecule has 0 unspecified atom stereocenters. The minimum absolute atomic E-state index is 0. The summed E-state index contributed by atoms with van der Waals surface area (Å²) in [6.45, 7) is 2.53. The number of hydrogen-bond donors (Lipinski definition) is 0. The van der Waals surface area contributed by atoms with Gasteiger partial charge < -0.3 is 0 Å². The molecule has 1 aromatic rings. The molecule has 0 nitrogen and oxygen atoms in total. The molecule has 0 radical (unpaired) electrons. The summed E-state index contributed by atoms with van der Waals surface area (Å²) in [7, 11) is 0. The topological polar surface area (TPSA) is 0 Å². The molecule has 18 heavy (non-hydrogen) atoms. The van der Waals surface area contributed by atoms with Gasteiger partial charge in [-0.3, -0.25) is 0 Å². The molecule has 0 N–H and O–H groups in total. The van der Waals surface area contributed by atoms with Crippen molar-refractivity contribution in [3.63, 3.8) is 0 Å². The van der Waals surface area contributed by atoms with Crippen molar-refractivity contribution < 1.29 is 18.6 Å². The van der Waals surface area contributed by atoms with E-state index in [1.165, 1.54) is 6.42 Å². The van der Waals surface area contributed by atoms with E-state index in [0.717, 1.165) is 0 Å². The molecule has 0 bridgehead atoms. The molecular weight excluding hydrogens is 535 g/mol. The minimum atomic E-state index is -2.15. The van der Waals surface area contributed by atoms with E-state index in [1.807, 2.05) is 3.33 Å². The van der Waals surface area contributed by atoms with Crippen molar-refractivity contribution in [1.29, 1.82) is 0 Å². The van der Waals surface area contributed by atoms with E-state index in [1.54, 1.807) is 5.19 Å². The summed E-state index contributed by atoms with van der Waals surface area (Å²) in [6, 6.07) is 11.2. The number of allylic oxidation sites excluding steroid dienone is 4. The molecule has 0 saturated heterocycles. The van der Waals surface area contributed by atoms with Gasteiger partial charge in [0.25, 0.3) is 0 Å². The van der Waals surface area contributed by atoms with Crippen LogP contribution in [0.5, 0.6) is 0 Å². The molecule has 0 aliphatic heterocycles. The summed E-state index contributed by atoms with van der Waals surface area (Å²) < 4.78 is 7.05. The predicted molar refractivity (Wildman–Crippen MR) is 91.9 cm³/mol. The fraction of sp³-hybridized carbons (Fsp3) is 0.286. The van der Waals surface area contributed by atoms with E-state index >= 15 is 0 Å². The zero-order chi connectivity index (χ0) is 11.6. The van der Waals surface area contributed by atoms with Gasteiger partial charge in [-0.25, -0.2) is 0 Å². The van der Waals surface area contributed by atoms with Crippen molar-refractivity contribution in [2.45, 2.75) is 22.3 Å². The summed E-state index contributed by atoms with van der Waals surface area (Å²) >= 11 is -2.15.